The summed E-state index contributed by atoms with van der Waals surface area (Å²) in [6.07, 6.45) is 1.70. The van der Waals surface area contributed by atoms with Gasteiger partial charge in [0, 0.05) is 23.9 Å². The van der Waals surface area contributed by atoms with Gasteiger partial charge in [0.25, 0.3) is 5.69 Å². The maximum absolute atomic E-state index is 11.7. The Kier molecular flexibility index (Phi) is 3.84. The predicted molar refractivity (Wildman–Crippen MR) is 73.6 cm³/mol. The molecular weight excluding hydrogens is 260 g/mol. The molecule has 1 N–H and O–H groups in total. The van der Waals surface area contributed by atoms with E-state index in [0.717, 1.165) is 16.7 Å². The monoisotopic (exact) mass is 274 g/mol. The molecule has 6 nitrogen and oxygen atoms in total. The van der Waals surface area contributed by atoms with E-state index < -0.39 is 10.9 Å². The van der Waals surface area contributed by atoms with E-state index in [-0.39, 0.29) is 5.69 Å². The first kappa shape index (κ1) is 13.8. The first-order chi connectivity index (χ1) is 9.54. The number of hydrogen-bond donors (Lipinski definition) is 1. The number of benzene rings is 1. The number of nitrogens with zero attached hydrogens (tertiary/aromatic N) is 1. The van der Waals surface area contributed by atoms with Crippen LogP contribution in [0.1, 0.15) is 23.0 Å². The summed E-state index contributed by atoms with van der Waals surface area (Å²) in [5, 5.41) is 10.6. The van der Waals surface area contributed by atoms with Crippen molar-refractivity contribution in [2.75, 3.05) is 6.61 Å². The molecule has 104 valence electrons. The number of hydrogen-bond acceptors (Lipinski definition) is 4. The summed E-state index contributed by atoms with van der Waals surface area (Å²) in [7, 11) is 0. The van der Waals surface area contributed by atoms with Crippen LogP contribution >= 0.6 is 0 Å². The van der Waals surface area contributed by atoms with Crippen LogP contribution in [-0.2, 0) is 4.74 Å². The molecule has 0 spiro atoms. The predicted octanol–water partition coefficient (Wildman–Crippen LogP) is 3.08. The summed E-state index contributed by atoms with van der Waals surface area (Å²) < 4.78 is 4.95. The average molecular weight is 274 g/mol. The number of nitro benzene ring substituents is 1. The molecule has 0 amide bonds. The number of H-pyrrole nitrogens is 1. The molecule has 0 saturated heterocycles. The summed E-state index contributed by atoms with van der Waals surface area (Å²) in [5.74, 6) is -0.404. The van der Waals surface area contributed by atoms with Gasteiger partial charge in [-0.1, -0.05) is 0 Å². The highest BCUT2D eigenvalue weighted by Gasteiger charge is 2.16. The molecule has 1 aromatic heterocycles. The summed E-state index contributed by atoms with van der Waals surface area (Å²) in [6.45, 7) is 3.86. The topological polar surface area (TPSA) is 85.2 Å². The molecule has 2 rings (SSSR count). The number of rotatable bonds is 4. The van der Waals surface area contributed by atoms with Crippen molar-refractivity contribution in [1.82, 2.24) is 4.98 Å². The zero-order valence-electron chi connectivity index (χ0n) is 11.2. The second-order valence-corrected chi connectivity index (χ2v) is 4.23. The lowest BCUT2D eigenvalue weighted by atomic mass is 10.0. The molecule has 0 fully saturated rings. The molecule has 0 radical (unpaired) electrons. The smallest absolute Gasteiger partial charge is 0.355 e. The molecule has 0 saturated carbocycles. The third-order valence-corrected chi connectivity index (χ3v) is 3.01. The van der Waals surface area contributed by atoms with Crippen molar-refractivity contribution in [1.29, 1.82) is 0 Å². The van der Waals surface area contributed by atoms with Gasteiger partial charge in [0.05, 0.1) is 11.5 Å². The van der Waals surface area contributed by atoms with Gasteiger partial charge in [-0.05, 0) is 37.1 Å². The fourth-order valence-corrected chi connectivity index (χ4v) is 1.97. The molecule has 0 aliphatic rings. The van der Waals surface area contributed by atoms with Crippen molar-refractivity contribution in [2.24, 2.45) is 0 Å². The lowest BCUT2D eigenvalue weighted by Gasteiger charge is -2.02. The molecular formula is C14H14N2O4. The Morgan fingerprint density at radius 1 is 1.35 bits per heavy atom. The Hall–Kier alpha value is -2.63. The fourth-order valence-electron chi connectivity index (χ4n) is 1.97. The van der Waals surface area contributed by atoms with E-state index in [1.165, 1.54) is 12.1 Å². The average Bonchev–Trinajstić information content (AvgIpc) is 2.81. The van der Waals surface area contributed by atoms with Crippen molar-refractivity contribution in [3.63, 3.8) is 0 Å². The fraction of sp³-hybridized carbons (Fsp3) is 0.214. The third kappa shape index (κ3) is 2.54. The van der Waals surface area contributed by atoms with Gasteiger partial charge in [-0.15, -0.1) is 0 Å². The summed E-state index contributed by atoms with van der Waals surface area (Å²) in [4.78, 5) is 24.8. The van der Waals surface area contributed by atoms with Crippen LogP contribution in [0.25, 0.3) is 11.1 Å². The number of non-ortho nitro benzene ring substituents is 1. The number of carbonyl (C=O) groups is 1. The number of esters is 1. The number of carbonyl (C=O) groups excluding carboxylic acids is 1. The Labute approximate surface area is 115 Å². The van der Waals surface area contributed by atoms with Gasteiger partial charge in [0.2, 0.25) is 0 Å². The quantitative estimate of drug-likeness (QED) is 0.527. The summed E-state index contributed by atoms with van der Waals surface area (Å²) in [6, 6.07) is 6.18. The van der Waals surface area contributed by atoms with Crippen LogP contribution in [0.3, 0.4) is 0 Å². The Morgan fingerprint density at radius 3 is 2.55 bits per heavy atom. The van der Waals surface area contributed by atoms with E-state index in [0.29, 0.717) is 12.3 Å². The number of ether oxygens (including phenoxy) is 1. The first-order valence-corrected chi connectivity index (χ1v) is 6.14. The second-order valence-electron chi connectivity index (χ2n) is 4.23. The lowest BCUT2D eigenvalue weighted by Crippen LogP contribution is -2.06. The first-order valence-electron chi connectivity index (χ1n) is 6.14. The molecule has 1 aromatic carbocycles. The van der Waals surface area contributed by atoms with E-state index >= 15 is 0 Å². The van der Waals surface area contributed by atoms with E-state index in [1.54, 1.807) is 32.2 Å². The molecule has 0 aliphatic heterocycles. The Morgan fingerprint density at radius 2 is 2.00 bits per heavy atom. The maximum atomic E-state index is 11.7. The minimum Gasteiger partial charge on any atom is -0.461 e. The molecule has 2 aromatic rings. The van der Waals surface area contributed by atoms with Gasteiger partial charge in [-0.2, -0.15) is 0 Å². The van der Waals surface area contributed by atoms with Crippen molar-refractivity contribution in [2.45, 2.75) is 13.8 Å². The zero-order chi connectivity index (χ0) is 14.7. The van der Waals surface area contributed by atoms with Gasteiger partial charge in [-0.25, -0.2) is 4.79 Å². The van der Waals surface area contributed by atoms with Crippen LogP contribution < -0.4 is 0 Å². The number of aromatic amines is 1. The van der Waals surface area contributed by atoms with Gasteiger partial charge in [0.15, 0.2) is 0 Å². The van der Waals surface area contributed by atoms with Crippen LogP contribution in [0.2, 0.25) is 0 Å². The van der Waals surface area contributed by atoms with Crippen molar-refractivity contribution in [3.05, 3.63) is 51.8 Å². The molecule has 1 heterocycles. The van der Waals surface area contributed by atoms with Gasteiger partial charge in [-0.3, -0.25) is 10.1 Å². The number of nitro groups is 1. The maximum Gasteiger partial charge on any atom is 0.355 e. The van der Waals surface area contributed by atoms with E-state index in [2.05, 4.69) is 4.98 Å². The molecule has 20 heavy (non-hydrogen) atoms. The molecule has 0 bridgehead atoms. The Balaban J connectivity index is 2.34. The number of aromatic nitrogens is 1. The van der Waals surface area contributed by atoms with E-state index in [4.69, 9.17) is 4.74 Å². The summed E-state index contributed by atoms with van der Waals surface area (Å²) >= 11 is 0. The minimum absolute atomic E-state index is 0.0348. The van der Waals surface area contributed by atoms with Crippen LogP contribution in [0.5, 0.6) is 0 Å². The van der Waals surface area contributed by atoms with E-state index in [9.17, 15) is 14.9 Å². The molecule has 0 atom stereocenters. The van der Waals surface area contributed by atoms with Crippen molar-refractivity contribution < 1.29 is 14.5 Å². The molecule has 0 unspecified atom stereocenters. The number of nitrogens with one attached hydrogen (secondary N) is 1. The van der Waals surface area contributed by atoms with Gasteiger partial charge < -0.3 is 9.72 Å². The third-order valence-electron chi connectivity index (χ3n) is 3.01. The highest BCUT2D eigenvalue weighted by atomic mass is 16.6. The normalized spacial score (nSPS) is 10.3. The zero-order valence-corrected chi connectivity index (χ0v) is 11.2. The van der Waals surface area contributed by atoms with Crippen LogP contribution in [0.4, 0.5) is 5.69 Å². The lowest BCUT2D eigenvalue weighted by molar-refractivity contribution is -0.384. The van der Waals surface area contributed by atoms with Crippen LogP contribution in [-0.4, -0.2) is 22.5 Å². The highest BCUT2D eigenvalue weighted by molar-refractivity contribution is 5.92. The van der Waals surface area contributed by atoms with Crippen molar-refractivity contribution in [3.8, 4) is 11.1 Å². The largest absolute Gasteiger partial charge is 0.461 e. The summed E-state index contributed by atoms with van der Waals surface area (Å²) in [5.41, 5.74) is 2.83. The molecule has 6 heteroatoms. The van der Waals surface area contributed by atoms with Gasteiger partial charge in [0.1, 0.15) is 5.69 Å². The standard InChI is InChI=1S/C14H14N2O4/c1-3-20-14(17)13-9(2)12(8-15-13)10-4-6-11(7-5-10)16(18)19/h4-8,15H,3H2,1-2H3. The van der Waals surface area contributed by atoms with Crippen molar-refractivity contribution >= 4 is 11.7 Å². The van der Waals surface area contributed by atoms with Crippen LogP contribution in [0, 0.1) is 17.0 Å². The highest BCUT2D eigenvalue weighted by Crippen LogP contribution is 2.27. The Bertz CT molecular complexity index is 644. The SMILES string of the molecule is CCOC(=O)c1[nH]cc(-c2ccc([N+](=O)[O-])cc2)c1C. The van der Waals surface area contributed by atoms with Crippen LogP contribution in [0.15, 0.2) is 30.5 Å². The molecule has 0 aliphatic carbocycles. The van der Waals surface area contributed by atoms with Gasteiger partial charge >= 0.3 is 5.97 Å². The minimum atomic E-state index is -0.447. The van der Waals surface area contributed by atoms with E-state index in [1.807, 2.05) is 0 Å². The second kappa shape index (κ2) is 5.56.